The van der Waals surface area contributed by atoms with E-state index < -0.39 is 0 Å². The van der Waals surface area contributed by atoms with Gasteiger partial charge in [0.1, 0.15) is 23.0 Å². The molecule has 4 aromatic heterocycles. The first-order valence-corrected chi connectivity index (χ1v) is 49.8. The number of nitrogens with one attached hydrogen (secondary N) is 4. The zero-order chi connectivity index (χ0) is 92.4. The topological polar surface area (TPSA) is 300 Å². The van der Waals surface area contributed by atoms with Crippen molar-refractivity contribution in [3.63, 3.8) is 0 Å². The Kier molecular flexibility index (Phi) is 30.2. The van der Waals surface area contributed by atoms with Crippen molar-refractivity contribution in [2.75, 3.05) is 21.3 Å². The normalized spacial score (nSPS) is 15.5. The van der Waals surface area contributed by atoms with Crippen LogP contribution in [0.15, 0.2) is 206 Å². The predicted octanol–water partition coefficient (Wildman–Crippen LogP) is 23.3. The second-order valence-corrected chi connectivity index (χ2v) is 38.5. The third-order valence-corrected chi connectivity index (χ3v) is 28.5. The van der Waals surface area contributed by atoms with Crippen LogP contribution in [-0.4, -0.2) is 83.9 Å². The van der Waals surface area contributed by atoms with E-state index in [0.717, 1.165) is 225 Å². The highest BCUT2D eigenvalue weighted by Gasteiger charge is 2.32. The molecule has 4 fully saturated rings. The van der Waals surface area contributed by atoms with E-state index >= 15 is 0 Å². The van der Waals surface area contributed by atoms with Crippen LogP contribution in [-0.2, 0) is 122 Å². The number of phenolic OH excluding ortho intramolecular Hbond substituents is 4. The lowest BCUT2D eigenvalue weighted by Crippen LogP contribution is -2.21. The van der Waals surface area contributed by atoms with Gasteiger partial charge in [0.05, 0.1) is 81.2 Å². The highest BCUT2D eigenvalue weighted by Crippen LogP contribution is 2.43. The molecule has 0 aliphatic heterocycles. The van der Waals surface area contributed by atoms with Crippen LogP contribution in [0, 0.1) is 23.7 Å². The smallest absolute Gasteiger partial charge is 0.229 e. The Morgan fingerprint density at radius 2 is 0.563 bits per heavy atom. The number of benzene rings is 9. The first kappa shape index (κ1) is 92.1. The molecule has 135 heavy (non-hydrogen) atoms. The molecular formula is C115H124N12O8. The summed E-state index contributed by atoms with van der Waals surface area (Å²) in [6.07, 6.45) is 38.6. The second kappa shape index (κ2) is 44.2. The fourth-order valence-electron chi connectivity index (χ4n) is 21.3. The average Bonchev–Trinajstić information content (AvgIpc) is 0.782. The number of fused-ring (bicyclic) bond motifs is 13. The monoisotopic (exact) mass is 1800 g/mol. The minimum absolute atomic E-state index is 0.0104. The van der Waals surface area contributed by atoms with Crippen LogP contribution >= 0.6 is 0 Å². The number of hydrogen-bond acceptors (Lipinski definition) is 16. The molecule has 13 aromatic rings. The number of aromatic hydroxyl groups is 4. The number of nitrogens with zero attached hydrogens (tertiary/aromatic N) is 8. The van der Waals surface area contributed by atoms with Crippen molar-refractivity contribution in [3.05, 3.63) is 296 Å². The summed E-state index contributed by atoms with van der Waals surface area (Å²) in [6, 6.07) is 66.5. The number of aryl methyl sites for hydroxylation is 10. The highest BCUT2D eigenvalue weighted by atomic mass is 16.3. The SMILES string of the molecule is O=C(CCCc1ccccc1)Nc1nc2c(nc1CC1CCCCC1)-c1ccc(O)cc1CC2.O=C(CCc1ccccc1)Nc1nc2c(nc1CC1CCCCC1)-c1ccc(O)cc1CC2.O=C(Cc1ccc2ccccc2c1)Nc1nc2c(nc1CC1CCCCC1)-c1ccc(O)cc1CC2.O=C(Cc1ccccc1)Nc1nc2c(nc1CC1CCCCC1)-c1ccc(O)cc1CC2. The Bertz CT molecular complexity index is 6380. The van der Waals surface area contributed by atoms with Crippen LogP contribution in [0.2, 0.25) is 0 Å². The third kappa shape index (κ3) is 24.1. The summed E-state index contributed by atoms with van der Waals surface area (Å²) >= 11 is 0. The van der Waals surface area contributed by atoms with Gasteiger partial charge in [-0.2, -0.15) is 0 Å². The first-order valence-electron chi connectivity index (χ1n) is 49.8. The molecular weight excluding hydrogens is 1680 g/mol. The summed E-state index contributed by atoms with van der Waals surface area (Å²) in [5, 5.41) is 54.4. The molecule has 20 heteroatoms. The number of anilines is 4. The van der Waals surface area contributed by atoms with Crippen molar-refractivity contribution >= 4 is 57.7 Å². The van der Waals surface area contributed by atoms with Gasteiger partial charge >= 0.3 is 0 Å². The lowest BCUT2D eigenvalue weighted by atomic mass is 9.85. The first-order chi connectivity index (χ1) is 66.1. The molecule has 8 aliphatic rings. The molecule has 8 N–H and O–H groups in total. The van der Waals surface area contributed by atoms with Gasteiger partial charge < -0.3 is 41.7 Å². The van der Waals surface area contributed by atoms with Gasteiger partial charge in [0.2, 0.25) is 23.6 Å². The van der Waals surface area contributed by atoms with Gasteiger partial charge in [-0.15, -0.1) is 0 Å². The van der Waals surface area contributed by atoms with Crippen LogP contribution in [0.4, 0.5) is 23.3 Å². The van der Waals surface area contributed by atoms with Crippen LogP contribution in [0.3, 0.4) is 0 Å². The number of carbonyl (C=O) groups is 4. The molecule has 692 valence electrons. The Morgan fingerprint density at radius 3 is 0.911 bits per heavy atom. The van der Waals surface area contributed by atoms with Crippen LogP contribution in [0.1, 0.15) is 238 Å². The molecule has 0 unspecified atom stereocenters. The van der Waals surface area contributed by atoms with Crippen LogP contribution < -0.4 is 21.3 Å². The van der Waals surface area contributed by atoms with Gasteiger partial charge in [0, 0.05) is 35.1 Å². The van der Waals surface area contributed by atoms with Gasteiger partial charge in [-0.25, -0.2) is 39.9 Å². The molecule has 20 nitrogen and oxygen atoms in total. The minimum atomic E-state index is -0.0643. The predicted molar refractivity (Wildman–Crippen MR) is 534 cm³/mol. The standard InChI is InChI=1S/C31H31N3O2.C29H33N3O2.C28H31N3O2.C27H29N3O2/c35-25-13-14-26-24(19-25)12-15-27-30(26)32-28(17-20-6-2-1-3-7-20)31(33-27)34-29(36)18-21-10-11-22-8-4-5-9-23(22)16-21;33-23-15-16-24-22(19-23)14-17-25-28(24)30-26(18-21-10-5-2-6-11-21)29(31-25)32-27(34)13-7-12-20-8-3-1-4-9-20;32-22-13-14-23-21(18-22)12-15-24-27(23)29-25(17-20-9-5-2-6-10-20)28(30-24)31-26(33)16-11-19-7-3-1-4-8-19;31-21-12-13-22-20(17-21)11-14-23-26(22)28-24(15-18-7-3-1-4-8-18)27(29-23)30-25(32)16-19-9-5-2-6-10-19/h4-5,8-11,13-14,16,19-20,35H,1-3,6-7,12,15,17-18H2,(H,33,34,36);1,3-4,8-9,15-16,19,21,33H,2,5-7,10-14,17-18H2,(H,31,32,34);1,3-4,7-8,13-14,18,20,32H,2,5-6,9-12,15-17H2,(H,30,31,33);2,5-6,9-10,12-13,17-18,31H,1,3-4,7-8,11,14-16H2,(H,29,30,32). The van der Waals surface area contributed by atoms with Gasteiger partial charge in [0.15, 0.2) is 23.3 Å². The van der Waals surface area contributed by atoms with E-state index in [0.29, 0.717) is 79.0 Å². The lowest BCUT2D eigenvalue weighted by Gasteiger charge is -2.24. The summed E-state index contributed by atoms with van der Waals surface area (Å²) in [5.74, 6) is 5.89. The maximum absolute atomic E-state index is 13.2. The number of phenols is 4. The Balaban J connectivity index is 0.000000120. The summed E-state index contributed by atoms with van der Waals surface area (Å²) in [7, 11) is 0. The molecule has 4 heterocycles. The van der Waals surface area contributed by atoms with E-state index in [-0.39, 0.29) is 46.6 Å². The van der Waals surface area contributed by atoms with Crippen molar-refractivity contribution in [1.29, 1.82) is 0 Å². The molecule has 4 amide bonds. The van der Waals surface area contributed by atoms with E-state index in [9.17, 15) is 39.6 Å². The molecule has 0 radical (unpaired) electrons. The summed E-state index contributed by atoms with van der Waals surface area (Å²) < 4.78 is 0. The van der Waals surface area contributed by atoms with E-state index in [1.54, 1.807) is 24.3 Å². The van der Waals surface area contributed by atoms with Gasteiger partial charge in [-0.1, -0.05) is 262 Å². The molecule has 0 bridgehead atoms. The fraction of sp³-hybridized carbons (Fsp3) is 0.374. The minimum Gasteiger partial charge on any atom is -0.508 e. The lowest BCUT2D eigenvalue weighted by molar-refractivity contribution is -0.117. The number of hydrogen-bond donors (Lipinski definition) is 8. The van der Waals surface area contributed by atoms with Crippen LogP contribution in [0.25, 0.3) is 55.8 Å². The van der Waals surface area contributed by atoms with Crippen molar-refractivity contribution in [3.8, 4) is 68.0 Å². The third-order valence-electron chi connectivity index (χ3n) is 28.5. The molecule has 8 aliphatic carbocycles. The van der Waals surface area contributed by atoms with E-state index in [2.05, 4.69) is 69.8 Å². The van der Waals surface area contributed by atoms with Gasteiger partial charge in [-0.05, 0) is 248 Å². The second-order valence-electron chi connectivity index (χ2n) is 38.5. The quantitative estimate of drug-likeness (QED) is 0.0295. The fourth-order valence-corrected chi connectivity index (χ4v) is 21.3. The van der Waals surface area contributed by atoms with E-state index in [1.807, 2.05) is 133 Å². The van der Waals surface area contributed by atoms with Gasteiger partial charge in [-0.3, -0.25) is 19.2 Å². The number of carbonyl (C=O) groups excluding carboxylic acids is 4. The van der Waals surface area contributed by atoms with E-state index in [1.165, 1.54) is 139 Å². The number of rotatable bonds is 23. The van der Waals surface area contributed by atoms with Crippen molar-refractivity contribution in [2.24, 2.45) is 23.7 Å². The van der Waals surface area contributed by atoms with E-state index in [4.69, 9.17) is 39.9 Å². The maximum atomic E-state index is 13.2. The average molecular weight is 1800 g/mol. The molecule has 4 saturated carbocycles. The maximum Gasteiger partial charge on any atom is 0.229 e. The summed E-state index contributed by atoms with van der Waals surface area (Å²) in [6.45, 7) is 0. The molecule has 0 spiro atoms. The Hall–Kier alpha value is -13.4. The zero-order valence-electron chi connectivity index (χ0n) is 77.5. The summed E-state index contributed by atoms with van der Waals surface area (Å²) in [5.41, 5.74) is 23.9. The molecule has 0 atom stereocenters. The molecule has 21 rings (SSSR count). The highest BCUT2D eigenvalue weighted by molar-refractivity contribution is 5.95. The van der Waals surface area contributed by atoms with Gasteiger partial charge in [0.25, 0.3) is 0 Å². The zero-order valence-corrected chi connectivity index (χ0v) is 77.5. The molecule has 9 aromatic carbocycles. The van der Waals surface area contributed by atoms with Crippen LogP contribution in [0.5, 0.6) is 23.0 Å². The number of aromatic nitrogens is 8. The van der Waals surface area contributed by atoms with Crippen molar-refractivity contribution in [1.82, 2.24) is 39.9 Å². The van der Waals surface area contributed by atoms with Crippen molar-refractivity contribution < 1.29 is 39.6 Å². The molecule has 0 saturated heterocycles. The Morgan fingerprint density at radius 1 is 0.267 bits per heavy atom. The summed E-state index contributed by atoms with van der Waals surface area (Å²) in [4.78, 5) is 91.8. The largest absolute Gasteiger partial charge is 0.508 e. The Labute approximate surface area is 792 Å². The number of amides is 4. The van der Waals surface area contributed by atoms with Crippen molar-refractivity contribution in [2.45, 2.75) is 250 Å².